The molecule has 13 heavy (non-hydrogen) atoms. The van der Waals surface area contributed by atoms with Crippen LogP contribution < -0.4 is 5.32 Å². The summed E-state index contributed by atoms with van der Waals surface area (Å²) in [6, 6.07) is 1.89. The zero-order valence-corrected chi connectivity index (χ0v) is 6.99. The quantitative estimate of drug-likeness (QED) is 0.586. The molecule has 2 atom stereocenters. The molecule has 1 aliphatic carbocycles. The summed E-state index contributed by atoms with van der Waals surface area (Å²) in [6.45, 7) is 0.304. The van der Waals surface area contributed by atoms with Gasteiger partial charge in [-0.1, -0.05) is 0 Å². The van der Waals surface area contributed by atoms with Crippen molar-refractivity contribution in [3.05, 3.63) is 0 Å². The second-order valence-corrected chi connectivity index (χ2v) is 2.99. The molecule has 5 heteroatoms. The van der Waals surface area contributed by atoms with Gasteiger partial charge in [-0.2, -0.15) is 5.26 Å². The summed E-state index contributed by atoms with van der Waals surface area (Å²) in [7, 11) is 0. The third kappa shape index (κ3) is 2.44. The molecule has 0 aliphatic heterocycles. The maximum absolute atomic E-state index is 11.1. The third-order valence-electron chi connectivity index (χ3n) is 1.98. The lowest BCUT2D eigenvalue weighted by Gasteiger charge is -1.99. The van der Waals surface area contributed by atoms with E-state index in [1.54, 1.807) is 0 Å². The average Bonchev–Trinajstić information content (AvgIpc) is 2.83. The van der Waals surface area contributed by atoms with E-state index in [1.165, 1.54) is 0 Å². The van der Waals surface area contributed by atoms with E-state index in [-0.39, 0.29) is 18.2 Å². The summed E-state index contributed by atoms with van der Waals surface area (Å²) in [4.78, 5) is 21.5. The molecule has 0 aromatic rings. The Balaban J connectivity index is 2.21. The van der Waals surface area contributed by atoms with Gasteiger partial charge in [-0.25, -0.2) is 0 Å². The van der Waals surface area contributed by atoms with Gasteiger partial charge in [0, 0.05) is 6.54 Å². The molecule has 0 saturated heterocycles. The Bertz CT molecular complexity index is 269. The number of nitrogens with one attached hydrogen (secondary N) is 1. The first-order chi connectivity index (χ1) is 6.16. The van der Waals surface area contributed by atoms with E-state index in [0.717, 1.165) is 0 Å². The minimum Gasteiger partial charge on any atom is -0.481 e. The molecule has 5 nitrogen and oxygen atoms in total. The fraction of sp³-hybridized carbons (Fsp3) is 0.625. The summed E-state index contributed by atoms with van der Waals surface area (Å²) in [5.41, 5.74) is 0. The number of aliphatic carboxylic acids is 1. The van der Waals surface area contributed by atoms with Crippen molar-refractivity contribution in [1.29, 1.82) is 5.26 Å². The number of rotatable bonds is 4. The van der Waals surface area contributed by atoms with Gasteiger partial charge in [-0.15, -0.1) is 0 Å². The normalized spacial score (nSPS) is 24.5. The van der Waals surface area contributed by atoms with Crippen molar-refractivity contribution in [1.82, 2.24) is 5.32 Å². The summed E-state index contributed by atoms with van der Waals surface area (Å²) < 4.78 is 0. The van der Waals surface area contributed by atoms with Crippen LogP contribution in [-0.4, -0.2) is 23.5 Å². The Morgan fingerprint density at radius 2 is 2.23 bits per heavy atom. The van der Waals surface area contributed by atoms with E-state index >= 15 is 0 Å². The van der Waals surface area contributed by atoms with Gasteiger partial charge in [0.1, 0.15) is 0 Å². The highest BCUT2D eigenvalue weighted by Gasteiger charge is 2.48. The molecule has 0 bridgehead atoms. The minimum absolute atomic E-state index is 0.248. The molecule has 0 spiro atoms. The molecule has 2 N–H and O–H groups in total. The number of carboxylic acids is 1. The van der Waals surface area contributed by atoms with Crippen molar-refractivity contribution in [3.8, 4) is 6.07 Å². The molecule has 1 rings (SSSR count). The molecule has 2 unspecified atom stereocenters. The zero-order valence-electron chi connectivity index (χ0n) is 6.99. The van der Waals surface area contributed by atoms with Gasteiger partial charge in [0.2, 0.25) is 5.91 Å². The van der Waals surface area contributed by atoms with Crippen LogP contribution >= 0.6 is 0 Å². The van der Waals surface area contributed by atoms with Crippen LogP contribution in [0.3, 0.4) is 0 Å². The standard InChI is InChI=1S/C8H10N2O3/c9-2-1-3-10-7(11)5-4-6(5)8(12)13/h5-6H,1,3-4H2,(H,10,11)(H,12,13). The second-order valence-electron chi connectivity index (χ2n) is 2.99. The largest absolute Gasteiger partial charge is 0.481 e. The van der Waals surface area contributed by atoms with Crippen molar-refractivity contribution in [2.24, 2.45) is 11.8 Å². The van der Waals surface area contributed by atoms with Gasteiger partial charge in [0.25, 0.3) is 0 Å². The zero-order chi connectivity index (χ0) is 9.84. The van der Waals surface area contributed by atoms with Crippen LogP contribution in [0.1, 0.15) is 12.8 Å². The van der Waals surface area contributed by atoms with Crippen LogP contribution in [0.15, 0.2) is 0 Å². The van der Waals surface area contributed by atoms with Crippen LogP contribution in [0.2, 0.25) is 0 Å². The summed E-state index contributed by atoms with van der Waals surface area (Å²) in [6.07, 6.45) is 0.684. The van der Waals surface area contributed by atoms with E-state index in [0.29, 0.717) is 13.0 Å². The number of carboxylic acid groups (broad SMARTS) is 1. The molecule has 0 heterocycles. The molecule has 1 saturated carbocycles. The minimum atomic E-state index is -0.916. The number of hydrogen-bond acceptors (Lipinski definition) is 3. The molecule has 0 aromatic carbocycles. The summed E-state index contributed by atoms with van der Waals surface area (Å²) >= 11 is 0. The molecule has 70 valence electrons. The first kappa shape index (κ1) is 9.52. The lowest BCUT2D eigenvalue weighted by atomic mass is 10.3. The van der Waals surface area contributed by atoms with Crippen molar-refractivity contribution in [3.63, 3.8) is 0 Å². The number of amides is 1. The lowest BCUT2D eigenvalue weighted by Crippen LogP contribution is -2.27. The number of nitrogens with zero attached hydrogens (tertiary/aromatic N) is 1. The maximum atomic E-state index is 11.1. The van der Waals surface area contributed by atoms with Crippen molar-refractivity contribution < 1.29 is 14.7 Å². The average molecular weight is 182 g/mol. The highest BCUT2D eigenvalue weighted by molar-refractivity contribution is 5.89. The monoisotopic (exact) mass is 182 g/mol. The van der Waals surface area contributed by atoms with E-state index in [2.05, 4.69) is 5.32 Å². The Labute approximate surface area is 75.3 Å². The maximum Gasteiger partial charge on any atom is 0.307 e. The van der Waals surface area contributed by atoms with Crippen LogP contribution in [0, 0.1) is 23.2 Å². The van der Waals surface area contributed by atoms with Crippen molar-refractivity contribution >= 4 is 11.9 Å². The van der Waals surface area contributed by atoms with Crippen LogP contribution in [-0.2, 0) is 9.59 Å². The lowest BCUT2D eigenvalue weighted by molar-refractivity contribution is -0.140. The van der Waals surface area contributed by atoms with E-state index in [9.17, 15) is 9.59 Å². The summed E-state index contributed by atoms with van der Waals surface area (Å²) in [5, 5.41) is 19.2. The van der Waals surface area contributed by atoms with E-state index in [4.69, 9.17) is 10.4 Å². The fourth-order valence-corrected chi connectivity index (χ4v) is 1.13. The first-order valence-corrected chi connectivity index (χ1v) is 4.04. The Morgan fingerprint density at radius 1 is 1.54 bits per heavy atom. The number of nitriles is 1. The summed E-state index contributed by atoms with van der Waals surface area (Å²) in [5.74, 6) is -2.05. The molecular weight excluding hydrogens is 172 g/mol. The smallest absolute Gasteiger partial charge is 0.307 e. The highest BCUT2D eigenvalue weighted by atomic mass is 16.4. The molecule has 0 radical (unpaired) electrons. The molecule has 1 fully saturated rings. The fourth-order valence-electron chi connectivity index (χ4n) is 1.13. The van der Waals surface area contributed by atoms with Gasteiger partial charge in [0.15, 0.2) is 0 Å². The Morgan fingerprint density at radius 3 is 2.69 bits per heavy atom. The predicted molar refractivity (Wildman–Crippen MR) is 42.5 cm³/mol. The first-order valence-electron chi connectivity index (χ1n) is 4.04. The highest BCUT2D eigenvalue weighted by Crippen LogP contribution is 2.38. The van der Waals surface area contributed by atoms with E-state index < -0.39 is 11.9 Å². The SMILES string of the molecule is N#CCCNC(=O)C1CC1C(=O)O. The van der Waals surface area contributed by atoms with Crippen molar-refractivity contribution in [2.75, 3.05) is 6.54 Å². The van der Waals surface area contributed by atoms with E-state index in [1.807, 2.05) is 6.07 Å². The molecule has 1 amide bonds. The number of carbonyl (C=O) groups is 2. The van der Waals surface area contributed by atoms with Crippen molar-refractivity contribution in [2.45, 2.75) is 12.8 Å². The molecular formula is C8H10N2O3. The topological polar surface area (TPSA) is 90.2 Å². The molecule has 1 aliphatic rings. The van der Waals surface area contributed by atoms with Gasteiger partial charge in [-0.05, 0) is 6.42 Å². The van der Waals surface area contributed by atoms with Gasteiger partial charge in [0.05, 0.1) is 24.3 Å². The Hall–Kier alpha value is -1.57. The van der Waals surface area contributed by atoms with Crippen LogP contribution in [0.4, 0.5) is 0 Å². The Kier molecular flexibility index (Phi) is 2.85. The van der Waals surface area contributed by atoms with Gasteiger partial charge < -0.3 is 10.4 Å². The van der Waals surface area contributed by atoms with Crippen LogP contribution in [0.25, 0.3) is 0 Å². The molecule has 0 aromatic heterocycles. The third-order valence-corrected chi connectivity index (χ3v) is 1.98. The second kappa shape index (κ2) is 3.90. The van der Waals surface area contributed by atoms with Crippen LogP contribution in [0.5, 0.6) is 0 Å². The predicted octanol–water partition coefficient (Wildman–Crippen LogP) is -0.263. The number of hydrogen-bond donors (Lipinski definition) is 2. The van der Waals surface area contributed by atoms with Gasteiger partial charge in [-0.3, -0.25) is 9.59 Å². The number of carbonyl (C=O) groups excluding carboxylic acids is 1. The van der Waals surface area contributed by atoms with Gasteiger partial charge >= 0.3 is 5.97 Å².